The number of fused-ring (bicyclic) bond motifs is 1. The van der Waals surface area contributed by atoms with Gasteiger partial charge in [0.2, 0.25) is 5.76 Å². The first-order valence-electron chi connectivity index (χ1n) is 8.07. The third kappa shape index (κ3) is 4.26. The maximum atomic E-state index is 11.9. The molecule has 0 atom stereocenters. The molecule has 0 amide bonds. The van der Waals surface area contributed by atoms with Gasteiger partial charge in [0.05, 0.1) is 12.0 Å². The Morgan fingerprint density at radius 3 is 2.83 bits per heavy atom. The molecule has 1 aromatic carbocycles. The van der Waals surface area contributed by atoms with Crippen LogP contribution in [0.4, 0.5) is 0 Å². The van der Waals surface area contributed by atoms with Crippen LogP contribution >= 0.6 is 0 Å². The average Bonchev–Trinajstić information content (AvgIpc) is 2.85. The molecule has 0 saturated heterocycles. The zero-order chi connectivity index (χ0) is 16.8. The molecule has 1 N–H and O–H groups in total. The van der Waals surface area contributed by atoms with E-state index in [1.165, 1.54) is 0 Å². The highest BCUT2D eigenvalue weighted by molar-refractivity contribution is 5.98. The number of hydrogen-bond acceptors (Lipinski definition) is 5. The number of ether oxygens (including phenoxy) is 2. The van der Waals surface area contributed by atoms with Crippen molar-refractivity contribution >= 4 is 16.9 Å². The fourth-order valence-electron chi connectivity index (χ4n) is 2.40. The molecule has 0 aliphatic carbocycles. The molecule has 5 heteroatoms. The molecule has 0 unspecified atom stereocenters. The summed E-state index contributed by atoms with van der Waals surface area (Å²) in [6, 6.07) is 5.58. The molecule has 0 bridgehead atoms. The van der Waals surface area contributed by atoms with Crippen molar-refractivity contribution in [2.45, 2.75) is 27.7 Å². The maximum absolute atomic E-state index is 11.9. The first kappa shape index (κ1) is 17.3. The van der Waals surface area contributed by atoms with Gasteiger partial charge in [-0.15, -0.1) is 0 Å². The lowest BCUT2D eigenvalue weighted by molar-refractivity contribution is 0.0491. The van der Waals surface area contributed by atoms with E-state index in [2.05, 4.69) is 19.2 Å². The summed E-state index contributed by atoms with van der Waals surface area (Å²) in [5.41, 5.74) is 1.39. The quantitative estimate of drug-likeness (QED) is 0.595. The predicted octanol–water partition coefficient (Wildman–Crippen LogP) is 3.54. The van der Waals surface area contributed by atoms with Crippen molar-refractivity contribution in [2.24, 2.45) is 5.92 Å². The molecular formula is C18H25NO4. The first-order valence-corrected chi connectivity index (χ1v) is 8.07. The summed E-state index contributed by atoms with van der Waals surface area (Å²) in [6.07, 6.45) is 0. The number of nitrogens with one attached hydrogen (secondary N) is 1. The van der Waals surface area contributed by atoms with Gasteiger partial charge in [0.15, 0.2) is 0 Å². The Bertz CT molecular complexity index is 660. The minimum Gasteiger partial charge on any atom is -0.491 e. The van der Waals surface area contributed by atoms with Crippen molar-refractivity contribution in [3.05, 3.63) is 29.5 Å². The largest absolute Gasteiger partial charge is 0.491 e. The summed E-state index contributed by atoms with van der Waals surface area (Å²) < 4.78 is 16.5. The van der Waals surface area contributed by atoms with Crippen LogP contribution < -0.4 is 10.1 Å². The molecule has 0 fully saturated rings. The van der Waals surface area contributed by atoms with Crippen LogP contribution in [0.1, 0.15) is 36.9 Å². The van der Waals surface area contributed by atoms with E-state index in [4.69, 9.17) is 13.9 Å². The zero-order valence-corrected chi connectivity index (χ0v) is 14.3. The molecule has 0 aliphatic heterocycles. The van der Waals surface area contributed by atoms with Crippen molar-refractivity contribution in [3.8, 4) is 5.75 Å². The number of benzene rings is 1. The van der Waals surface area contributed by atoms with Crippen molar-refractivity contribution in [1.82, 2.24) is 5.32 Å². The van der Waals surface area contributed by atoms with Crippen molar-refractivity contribution in [1.29, 1.82) is 0 Å². The second-order valence-corrected chi connectivity index (χ2v) is 5.85. The maximum Gasteiger partial charge on any atom is 0.374 e. The lowest BCUT2D eigenvalue weighted by Crippen LogP contribution is -2.24. The van der Waals surface area contributed by atoms with E-state index >= 15 is 0 Å². The Balaban J connectivity index is 2.13. The fraction of sp³-hybridized carbons (Fsp3) is 0.500. The lowest BCUT2D eigenvalue weighted by Gasteiger charge is -2.10. The summed E-state index contributed by atoms with van der Waals surface area (Å²) in [4.78, 5) is 11.9. The number of rotatable bonds is 8. The van der Waals surface area contributed by atoms with E-state index in [0.717, 1.165) is 29.8 Å². The smallest absolute Gasteiger partial charge is 0.374 e. The third-order valence-corrected chi connectivity index (χ3v) is 3.47. The molecule has 23 heavy (non-hydrogen) atoms. The highest BCUT2D eigenvalue weighted by Crippen LogP contribution is 2.33. The third-order valence-electron chi connectivity index (χ3n) is 3.47. The van der Waals surface area contributed by atoms with Gasteiger partial charge < -0.3 is 19.2 Å². The summed E-state index contributed by atoms with van der Waals surface area (Å²) in [6.45, 7) is 10.6. The van der Waals surface area contributed by atoms with Crippen LogP contribution in [-0.4, -0.2) is 32.3 Å². The van der Waals surface area contributed by atoms with Gasteiger partial charge in [-0.05, 0) is 38.4 Å². The van der Waals surface area contributed by atoms with Crippen LogP contribution in [0.2, 0.25) is 0 Å². The number of carbonyl (C=O) groups is 1. The van der Waals surface area contributed by atoms with Crippen molar-refractivity contribution in [3.63, 3.8) is 0 Å². The first-order chi connectivity index (χ1) is 11.0. The van der Waals surface area contributed by atoms with Crippen molar-refractivity contribution in [2.75, 3.05) is 26.3 Å². The molecular weight excluding hydrogens is 294 g/mol. The van der Waals surface area contributed by atoms with Gasteiger partial charge in [-0.2, -0.15) is 0 Å². The minimum atomic E-state index is -0.439. The second-order valence-electron chi connectivity index (χ2n) is 5.85. The van der Waals surface area contributed by atoms with E-state index in [0.29, 0.717) is 24.7 Å². The number of aryl methyl sites for hydroxylation is 1. The summed E-state index contributed by atoms with van der Waals surface area (Å²) in [7, 11) is 0. The van der Waals surface area contributed by atoms with Gasteiger partial charge in [0.25, 0.3) is 0 Å². The second kappa shape index (κ2) is 8.02. The van der Waals surface area contributed by atoms with Crippen LogP contribution in [0.3, 0.4) is 0 Å². The number of furan rings is 1. The molecule has 1 heterocycles. The van der Waals surface area contributed by atoms with Gasteiger partial charge in [-0.3, -0.25) is 0 Å². The number of esters is 1. The van der Waals surface area contributed by atoms with Crippen LogP contribution in [0, 0.1) is 12.8 Å². The number of carbonyl (C=O) groups excluding carboxylic acids is 1. The summed E-state index contributed by atoms with van der Waals surface area (Å²) in [5.74, 6) is 1.15. The molecule has 0 saturated carbocycles. The molecule has 2 aromatic rings. The van der Waals surface area contributed by atoms with E-state index < -0.39 is 5.97 Å². The lowest BCUT2D eigenvalue weighted by atomic mass is 10.1. The van der Waals surface area contributed by atoms with Crippen LogP contribution in [0.15, 0.2) is 22.6 Å². The Labute approximate surface area is 136 Å². The predicted molar refractivity (Wildman–Crippen MR) is 90.1 cm³/mol. The van der Waals surface area contributed by atoms with E-state index in [9.17, 15) is 4.79 Å². The molecule has 1 aromatic heterocycles. The number of hydrogen-bond donors (Lipinski definition) is 1. The summed E-state index contributed by atoms with van der Waals surface area (Å²) in [5, 5.41) is 4.17. The Morgan fingerprint density at radius 1 is 1.35 bits per heavy atom. The van der Waals surface area contributed by atoms with Gasteiger partial charge in [0, 0.05) is 12.1 Å². The SMILES string of the molecule is CCOC(=O)c1oc2cccc(OCCNCC(C)C)c2c1C. The van der Waals surface area contributed by atoms with Crippen molar-refractivity contribution < 1.29 is 18.7 Å². The summed E-state index contributed by atoms with van der Waals surface area (Å²) >= 11 is 0. The van der Waals surface area contributed by atoms with Crippen LogP contribution in [0.5, 0.6) is 5.75 Å². The highest BCUT2D eigenvalue weighted by Gasteiger charge is 2.21. The van der Waals surface area contributed by atoms with Gasteiger partial charge in [-0.1, -0.05) is 19.9 Å². The van der Waals surface area contributed by atoms with Crippen LogP contribution in [-0.2, 0) is 4.74 Å². The minimum absolute atomic E-state index is 0.246. The molecule has 0 aliphatic rings. The Hall–Kier alpha value is -2.01. The normalized spacial score (nSPS) is 11.2. The average molecular weight is 319 g/mol. The standard InChI is InChI=1S/C18H25NO4/c1-5-21-18(20)17-13(4)16-14(7-6-8-15(16)23-17)22-10-9-19-11-12(2)3/h6-8,12,19H,5,9-11H2,1-4H3. The van der Waals surface area contributed by atoms with Gasteiger partial charge >= 0.3 is 5.97 Å². The molecule has 0 spiro atoms. The molecule has 126 valence electrons. The Morgan fingerprint density at radius 2 is 2.13 bits per heavy atom. The Kier molecular flexibility index (Phi) is 6.04. The molecule has 2 rings (SSSR count). The molecule has 0 radical (unpaired) electrons. The van der Waals surface area contributed by atoms with E-state index in [1.54, 1.807) is 6.92 Å². The van der Waals surface area contributed by atoms with E-state index in [-0.39, 0.29) is 5.76 Å². The van der Waals surface area contributed by atoms with Gasteiger partial charge in [0.1, 0.15) is 17.9 Å². The molecule has 5 nitrogen and oxygen atoms in total. The zero-order valence-electron chi connectivity index (χ0n) is 14.3. The van der Waals surface area contributed by atoms with Crippen LogP contribution in [0.25, 0.3) is 11.0 Å². The monoisotopic (exact) mass is 319 g/mol. The van der Waals surface area contributed by atoms with E-state index in [1.807, 2.05) is 25.1 Å². The fourth-order valence-corrected chi connectivity index (χ4v) is 2.40. The topological polar surface area (TPSA) is 60.7 Å². The highest BCUT2D eigenvalue weighted by atomic mass is 16.5. The van der Waals surface area contributed by atoms with Gasteiger partial charge in [-0.25, -0.2) is 4.79 Å².